The van der Waals surface area contributed by atoms with Crippen molar-refractivity contribution in [2.24, 2.45) is 4.99 Å². The van der Waals surface area contributed by atoms with E-state index in [1.54, 1.807) is 31.4 Å². The summed E-state index contributed by atoms with van der Waals surface area (Å²) in [5, 5.41) is 11.1. The van der Waals surface area contributed by atoms with Gasteiger partial charge in [0.2, 0.25) is 6.10 Å². The maximum Gasteiger partial charge on any atom is 0.292 e. The van der Waals surface area contributed by atoms with Crippen LogP contribution in [0, 0.1) is 10.1 Å². The molecule has 3 aromatic rings. The number of thiazole rings is 1. The zero-order chi connectivity index (χ0) is 20.4. The van der Waals surface area contributed by atoms with Crippen molar-refractivity contribution in [3.63, 3.8) is 0 Å². The molecule has 9 nitrogen and oxygen atoms in total. The molecule has 0 radical (unpaired) electrons. The van der Waals surface area contributed by atoms with Gasteiger partial charge in [-0.3, -0.25) is 14.9 Å². The molecule has 29 heavy (non-hydrogen) atoms. The number of amides is 1. The highest BCUT2D eigenvalue weighted by molar-refractivity contribution is 7.16. The van der Waals surface area contributed by atoms with Crippen LogP contribution in [0.3, 0.4) is 0 Å². The van der Waals surface area contributed by atoms with Crippen LogP contribution in [-0.2, 0) is 16.1 Å². The number of rotatable bonds is 5. The second kappa shape index (κ2) is 8.02. The Bertz CT molecular complexity index is 1150. The van der Waals surface area contributed by atoms with Gasteiger partial charge in [-0.15, -0.1) is 0 Å². The second-order valence-electron chi connectivity index (χ2n) is 6.25. The topological polar surface area (TPSA) is 105 Å². The summed E-state index contributed by atoms with van der Waals surface area (Å²) in [5.74, 6) is 0.596. The highest BCUT2D eigenvalue weighted by Gasteiger charge is 2.27. The summed E-state index contributed by atoms with van der Waals surface area (Å²) in [4.78, 5) is 28.0. The number of nitro benzene ring substituents is 1. The van der Waals surface area contributed by atoms with E-state index in [1.165, 1.54) is 23.5 Å². The zero-order valence-electron chi connectivity index (χ0n) is 15.4. The monoisotopic (exact) mass is 415 g/mol. The van der Waals surface area contributed by atoms with Gasteiger partial charge < -0.3 is 18.8 Å². The molecule has 1 aliphatic rings. The average Bonchev–Trinajstić information content (AvgIpc) is 3.07. The molecule has 10 heteroatoms. The molecule has 0 fully saturated rings. The van der Waals surface area contributed by atoms with Crippen molar-refractivity contribution in [2.45, 2.75) is 12.6 Å². The van der Waals surface area contributed by atoms with Gasteiger partial charge in [-0.05, 0) is 18.2 Å². The van der Waals surface area contributed by atoms with E-state index in [-0.39, 0.29) is 12.3 Å². The fourth-order valence-electron chi connectivity index (χ4n) is 2.97. The first-order valence-electron chi connectivity index (χ1n) is 8.80. The van der Waals surface area contributed by atoms with Crippen molar-refractivity contribution in [2.75, 3.05) is 20.3 Å². The van der Waals surface area contributed by atoms with E-state index in [0.717, 1.165) is 5.52 Å². The largest absolute Gasteiger partial charge is 0.485 e. The van der Waals surface area contributed by atoms with Crippen LogP contribution in [0.15, 0.2) is 47.5 Å². The summed E-state index contributed by atoms with van der Waals surface area (Å²) in [6.45, 7) is 0.916. The standard InChI is InChI=1S/C19H17N3O6S/c1-26-9-8-21-13-7-6-12(22(24)25)10-17(13)29-19(21)20-18(23)16-11-27-14-4-2-3-5-15(14)28-16/h2-7,10,16H,8-9,11H2,1H3. The molecule has 1 amide bonds. The van der Waals surface area contributed by atoms with Crippen molar-refractivity contribution < 1.29 is 23.9 Å². The van der Waals surface area contributed by atoms with E-state index < -0.39 is 16.9 Å². The van der Waals surface area contributed by atoms with Gasteiger partial charge in [0.05, 0.1) is 21.7 Å². The molecule has 4 rings (SSSR count). The first kappa shape index (κ1) is 19.1. The first-order chi connectivity index (χ1) is 14.1. The van der Waals surface area contributed by atoms with Gasteiger partial charge in [-0.1, -0.05) is 23.5 Å². The molecule has 0 bridgehead atoms. The lowest BCUT2D eigenvalue weighted by atomic mass is 10.2. The maximum atomic E-state index is 12.7. The summed E-state index contributed by atoms with van der Waals surface area (Å²) < 4.78 is 18.9. The quantitative estimate of drug-likeness (QED) is 0.468. The molecular weight excluding hydrogens is 398 g/mol. The van der Waals surface area contributed by atoms with Gasteiger partial charge in [-0.2, -0.15) is 4.99 Å². The molecule has 2 heterocycles. The minimum atomic E-state index is -0.861. The van der Waals surface area contributed by atoms with Crippen LogP contribution in [0.2, 0.25) is 0 Å². The van der Waals surface area contributed by atoms with Gasteiger partial charge in [0.1, 0.15) is 6.61 Å². The number of hydrogen-bond acceptors (Lipinski definition) is 7. The van der Waals surface area contributed by atoms with Crippen LogP contribution in [0.1, 0.15) is 0 Å². The number of methoxy groups -OCH3 is 1. The predicted octanol–water partition coefficient (Wildman–Crippen LogP) is 2.52. The van der Waals surface area contributed by atoms with Crippen LogP contribution in [0.4, 0.5) is 5.69 Å². The number of benzene rings is 2. The summed E-state index contributed by atoms with van der Waals surface area (Å²) in [7, 11) is 1.58. The minimum absolute atomic E-state index is 0.0175. The summed E-state index contributed by atoms with van der Waals surface area (Å²) in [6, 6.07) is 11.7. The number of carbonyl (C=O) groups is 1. The molecular formula is C19H17N3O6S. The summed E-state index contributed by atoms with van der Waals surface area (Å²) in [6.07, 6.45) is -0.861. The number of hydrogen-bond donors (Lipinski definition) is 0. The van der Waals surface area contributed by atoms with Gasteiger partial charge in [0.15, 0.2) is 16.3 Å². The molecule has 2 aromatic carbocycles. The Kier molecular flexibility index (Phi) is 5.28. The average molecular weight is 415 g/mol. The summed E-state index contributed by atoms with van der Waals surface area (Å²) >= 11 is 1.20. The number of nitro groups is 1. The maximum absolute atomic E-state index is 12.7. The smallest absolute Gasteiger partial charge is 0.292 e. The molecule has 1 unspecified atom stereocenters. The minimum Gasteiger partial charge on any atom is -0.485 e. The normalized spacial score (nSPS) is 16.2. The number of fused-ring (bicyclic) bond motifs is 2. The van der Waals surface area contributed by atoms with Crippen molar-refractivity contribution in [3.8, 4) is 11.5 Å². The fourth-order valence-corrected chi connectivity index (χ4v) is 4.06. The summed E-state index contributed by atoms with van der Waals surface area (Å²) in [5.41, 5.74) is 0.728. The fraction of sp³-hybridized carbons (Fsp3) is 0.263. The third-order valence-corrected chi connectivity index (χ3v) is 5.43. The number of aromatic nitrogens is 1. The molecule has 150 valence electrons. The Hall–Kier alpha value is -3.24. The Labute approximate surface area is 168 Å². The van der Waals surface area contributed by atoms with Crippen LogP contribution >= 0.6 is 11.3 Å². The van der Waals surface area contributed by atoms with Crippen molar-refractivity contribution in [1.29, 1.82) is 0 Å². The van der Waals surface area contributed by atoms with Gasteiger partial charge in [-0.25, -0.2) is 0 Å². The number of carbonyl (C=O) groups excluding carboxylic acids is 1. The van der Waals surface area contributed by atoms with Gasteiger partial charge >= 0.3 is 0 Å². The van der Waals surface area contributed by atoms with E-state index in [4.69, 9.17) is 14.2 Å². The van der Waals surface area contributed by atoms with E-state index in [9.17, 15) is 14.9 Å². The molecule has 0 aliphatic carbocycles. The SMILES string of the molecule is COCCn1c(=NC(=O)C2COc3ccccc3O2)sc2cc([N+](=O)[O-])ccc21. The highest BCUT2D eigenvalue weighted by Crippen LogP contribution is 2.31. The van der Waals surface area contributed by atoms with Crippen LogP contribution in [-0.4, -0.2) is 41.8 Å². The lowest BCUT2D eigenvalue weighted by Gasteiger charge is -2.23. The van der Waals surface area contributed by atoms with E-state index in [1.807, 2.05) is 10.6 Å². The van der Waals surface area contributed by atoms with E-state index in [0.29, 0.717) is 34.2 Å². The van der Waals surface area contributed by atoms with Crippen molar-refractivity contribution in [3.05, 3.63) is 57.4 Å². The number of non-ortho nitro benzene ring substituents is 1. The zero-order valence-corrected chi connectivity index (χ0v) is 16.3. The number of nitrogens with zero attached hydrogens (tertiary/aromatic N) is 3. The van der Waals surface area contributed by atoms with E-state index >= 15 is 0 Å². The lowest BCUT2D eigenvalue weighted by Crippen LogP contribution is -2.37. The van der Waals surface area contributed by atoms with Crippen LogP contribution in [0.25, 0.3) is 10.2 Å². The van der Waals surface area contributed by atoms with Crippen LogP contribution in [0.5, 0.6) is 11.5 Å². The van der Waals surface area contributed by atoms with Crippen LogP contribution < -0.4 is 14.3 Å². The number of ether oxygens (including phenoxy) is 3. The lowest BCUT2D eigenvalue weighted by molar-refractivity contribution is -0.384. The molecule has 0 spiro atoms. The Morgan fingerprint density at radius 1 is 1.34 bits per heavy atom. The molecule has 0 saturated carbocycles. The molecule has 1 aromatic heterocycles. The number of para-hydroxylation sites is 2. The van der Waals surface area contributed by atoms with Crippen molar-refractivity contribution >= 4 is 33.1 Å². The van der Waals surface area contributed by atoms with Crippen molar-refractivity contribution in [1.82, 2.24) is 4.57 Å². The predicted molar refractivity (Wildman–Crippen MR) is 105 cm³/mol. The van der Waals surface area contributed by atoms with Gasteiger partial charge in [0, 0.05) is 25.8 Å². The third kappa shape index (κ3) is 3.84. The molecule has 1 atom stereocenters. The van der Waals surface area contributed by atoms with Gasteiger partial charge in [0.25, 0.3) is 11.6 Å². The highest BCUT2D eigenvalue weighted by atomic mass is 32.1. The van der Waals surface area contributed by atoms with E-state index in [2.05, 4.69) is 4.99 Å². The Morgan fingerprint density at radius 2 is 2.14 bits per heavy atom. The molecule has 0 N–H and O–H groups in total. The Morgan fingerprint density at radius 3 is 2.90 bits per heavy atom. The Balaban J connectivity index is 1.70. The molecule has 1 aliphatic heterocycles. The second-order valence-corrected chi connectivity index (χ2v) is 7.26. The molecule has 0 saturated heterocycles. The third-order valence-electron chi connectivity index (χ3n) is 4.39. The first-order valence-corrected chi connectivity index (χ1v) is 9.62.